The van der Waals surface area contributed by atoms with Crippen molar-refractivity contribution in [1.29, 1.82) is 0 Å². The molecule has 36 heavy (non-hydrogen) atoms. The maximum atomic E-state index is 15.3. The first kappa shape index (κ1) is 22.2. The first-order valence-corrected chi connectivity index (χ1v) is 12.0. The Bertz CT molecular complexity index is 1610. The lowest BCUT2D eigenvalue weighted by Gasteiger charge is -2.31. The van der Waals surface area contributed by atoms with Crippen molar-refractivity contribution in [3.63, 3.8) is 0 Å². The summed E-state index contributed by atoms with van der Waals surface area (Å²) in [4.78, 5) is 18.0. The molecule has 5 aromatic rings. The molecule has 9 heteroatoms. The van der Waals surface area contributed by atoms with Crippen LogP contribution in [0, 0.1) is 18.7 Å². The van der Waals surface area contributed by atoms with E-state index in [2.05, 4.69) is 15.0 Å². The second-order valence-corrected chi connectivity index (χ2v) is 9.36. The molecule has 1 aliphatic heterocycles. The molecule has 3 aromatic heterocycles. The van der Waals surface area contributed by atoms with Gasteiger partial charge in [-0.25, -0.2) is 14.1 Å². The molecule has 0 unspecified atom stereocenters. The third-order valence-corrected chi connectivity index (χ3v) is 7.04. The number of pyridine rings is 1. The van der Waals surface area contributed by atoms with Gasteiger partial charge in [-0.3, -0.25) is 9.48 Å². The van der Waals surface area contributed by atoms with E-state index in [0.717, 1.165) is 28.0 Å². The number of carboxylic acids is 1. The van der Waals surface area contributed by atoms with Gasteiger partial charge >= 0.3 is 5.97 Å². The maximum Gasteiger partial charge on any atom is 0.306 e. The van der Waals surface area contributed by atoms with Gasteiger partial charge in [0.1, 0.15) is 17.3 Å². The van der Waals surface area contributed by atoms with E-state index < -0.39 is 5.97 Å². The molecule has 4 heterocycles. The smallest absolute Gasteiger partial charge is 0.306 e. The standard InChI is InChI=1S/C27H25FN6O2/c1-16-4-3-5-19-25(24-20-15-32(2)30-22(20)8-7-21(24)28)31-34(26(16)19)18-6-9-23(29-14-18)33-12-10-17(11-13-33)27(35)36/h3-9,14-15,17H,10-13H2,1-2H3,(H,35,36). The van der Waals surface area contributed by atoms with E-state index in [1.807, 2.05) is 55.2 Å². The normalized spacial score (nSPS) is 14.7. The van der Waals surface area contributed by atoms with Gasteiger partial charge in [0.05, 0.1) is 28.8 Å². The van der Waals surface area contributed by atoms with Gasteiger partial charge in [-0.05, 0) is 49.6 Å². The monoisotopic (exact) mass is 484 g/mol. The summed E-state index contributed by atoms with van der Waals surface area (Å²) in [6, 6.07) is 12.9. The van der Waals surface area contributed by atoms with Crippen molar-refractivity contribution >= 4 is 33.6 Å². The summed E-state index contributed by atoms with van der Waals surface area (Å²) in [7, 11) is 1.82. The zero-order valence-corrected chi connectivity index (χ0v) is 20.0. The number of piperidine rings is 1. The molecule has 0 aliphatic carbocycles. The van der Waals surface area contributed by atoms with Crippen molar-refractivity contribution in [3.8, 4) is 16.9 Å². The van der Waals surface area contributed by atoms with E-state index >= 15 is 4.39 Å². The van der Waals surface area contributed by atoms with Crippen LogP contribution < -0.4 is 4.90 Å². The highest BCUT2D eigenvalue weighted by Crippen LogP contribution is 2.37. The Morgan fingerprint density at radius 2 is 1.86 bits per heavy atom. The average molecular weight is 485 g/mol. The van der Waals surface area contributed by atoms with E-state index in [0.29, 0.717) is 48.1 Å². The number of hydrogen-bond acceptors (Lipinski definition) is 5. The highest BCUT2D eigenvalue weighted by Gasteiger charge is 2.25. The molecule has 1 aliphatic rings. The van der Waals surface area contributed by atoms with Crippen LogP contribution >= 0.6 is 0 Å². The van der Waals surface area contributed by atoms with Gasteiger partial charge in [0.2, 0.25) is 0 Å². The number of para-hydroxylation sites is 1. The minimum atomic E-state index is -0.729. The van der Waals surface area contributed by atoms with Crippen LogP contribution in [-0.4, -0.2) is 48.7 Å². The molecule has 0 atom stereocenters. The minimum Gasteiger partial charge on any atom is -0.481 e. The van der Waals surface area contributed by atoms with Crippen molar-refractivity contribution in [2.75, 3.05) is 18.0 Å². The van der Waals surface area contributed by atoms with Crippen LogP contribution in [0.4, 0.5) is 10.2 Å². The quantitative estimate of drug-likeness (QED) is 0.397. The topological polar surface area (TPSA) is 89.1 Å². The lowest BCUT2D eigenvalue weighted by Crippen LogP contribution is -2.36. The fourth-order valence-corrected chi connectivity index (χ4v) is 5.18. The number of benzene rings is 2. The van der Waals surface area contributed by atoms with Crippen LogP contribution in [0.1, 0.15) is 18.4 Å². The number of aliphatic carboxylic acids is 1. The third-order valence-electron chi connectivity index (χ3n) is 7.04. The molecule has 1 fully saturated rings. The summed E-state index contributed by atoms with van der Waals surface area (Å²) in [5.74, 6) is -0.556. The van der Waals surface area contributed by atoms with Gasteiger partial charge in [0.25, 0.3) is 0 Å². The van der Waals surface area contributed by atoms with Gasteiger partial charge < -0.3 is 10.0 Å². The fourth-order valence-electron chi connectivity index (χ4n) is 5.18. The molecular formula is C27H25FN6O2. The molecule has 0 spiro atoms. The summed E-state index contributed by atoms with van der Waals surface area (Å²) in [5.41, 5.74) is 4.38. The summed E-state index contributed by atoms with van der Waals surface area (Å²) >= 11 is 0. The first-order valence-electron chi connectivity index (χ1n) is 12.0. The second kappa shape index (κ2) is 8.44. The number of hydrogen-bond donors (Lipinski definition) is 1. The summed E-state index contributed by atoms with van der Waals surface area (Å²) < 4.78 is 18.8. The van der Waals surface area contributed by atoms with E-state index in [4.69, 9.17) is 5.10 Å². The Morgan fingerprint density at radius 3 is 2.58 bits per heavy atom. The van der Waals surface area contributed by atoms with Crippen LogP contribution in [-0.2, 0) is 11.8 Å². The number of fused-ring (bicyclic) bond motifs is 2. The molecule has 0 saturated carbocycles. The first-order chi connectivity index (χ1) is 17.4. The van der Waals surface area contributed by atoms with E-state index in [9.17, 15) is 9.90 Å². The molecule has 8 nitrogen and oxygen atoms in total. The number of anilines is 1. The molecule has 1 N–H and O–H groups in total. The second-order valence-electron chi connectivity index (χ2n) is 9.36. The fraction of sp³-hybridized carbons (Fsp3) is 0.259. The molecule has 0 bridgehead atoms. The largest absolute Gasteiger partial charge is 0.481 e. The van der Waals surface area contributed by atoms with Crippen LogP contribution in [0.3, 0.4) is 0 Å². The van der Waals surface area contributed by atoms with E-state index in [1.165, 1.54) is 6.07 Å². The van der Waals surface area contributed by atoms with Crippen LogP contribution in [0.5, 0.6) is 0 Å². The molecular weight excluding hydrogens is 459 g/mol. The third kappa shape index (κ3) is 3.59. The van der Waals surface area contributed by atoms with Crippen molar-refractivity contribution in [3.05, 3.63) is 66.2 Å². The number of carbonyl (C=O) groups is 1. The number of aryl methyl sites for hydroxylation is 2. The zero-order valence-electron chi connectivity index (χ0n) is 20.0. The number of aromatic nitrogens is 5. The van der Waals surface area contributed by atoms with Crippen molar-refractivity contribution in [1.82, 2.24) is 24.5 Å². The Balaban J connectivity index is 1.43. The molecule has 182 valence electrons. The maximum absolute atomic E-state index is 15.3. The van der Waals surface area contributed by atoms with Gasteiger partial charge in [-0.1, -0.05) is 18.2 Å². The zero-order chi connectivity index (χ0) is 25.0. The summed E-state index contributed by atoms with van der Waals surface area (Å²) in [6.45, 7) is 3.33. The SMILES string of the molecule is Cc1cccc2c(-c3c(F)ccc4nn(C)cc34)nn(-c3ccc(N4CCC(C(=O)O)CC4)nc3)c12. The molecule has 1 saturated heterocycles. The average Bonchev–Trinajstić information content (AvgIpc) is 3.45. The van der Waals surface area contributed by atoms with Gasteiger partial charge in [-0.15, -0.1) is 0 Å². The summed E-state index contributed by atoms with van der Waals surface area (Å²) in [6.07, 6.45) is 4.80. The van der Waals surface area contributed by atoms with Crippen molar-refractivity contribution < 1.29 is 14.3 Å². The highest BCUT2D eigenvalue weighted by molar-refractivity contribution is 6.03. The number of nitrogens with zero attached hydrogens (tertiary/aromatic N) is 6. The Hall–Kier alpha value is -4.27. The predicted molar refractivity (Wildman–Crippen MR) is 136 cm³/mol. The van der Waals surface area contributed by atoms with Gasteiger partial charge in [-0.2, -0.15) is 10.2 Å². The highest BCUT2D eigenvalue weighted by atomic mass is 19.1. The minimum absolute atomic E-state index is 0.290. The number of halogens is 1. The van der Waals surface area contributed by atoms with Crippen LogP contribution in [0.25, 0.3) is 38.8 Å². The summed E-state index contributed by atoms with van der Waals surface area (Å²) in [5, 5.41) is 20.2. The van der Waals surface area contributed by atoms with Crippen molar-refractivity contribution in [2.45, 2.75) is 19.8 Å². The predicted octanol–water partition coefficient (Wildman–Crippen LogP) is 4.72. The molecule has 6 rings (SSSR count). The lowest BCUT2D eigenvalue weighted by atomic mass is 9.97. The molecule has 0 amide bonds. The number of rotatable bonds is 4. The lowest BCUT2D eigenvalue weighted by molar-refractivity contribution is -0.142. The van der Waals surface area contributed by atoms with Gasteiger partial charge in [0.15, 0.2) is 0 Å². The van der Waals surface area contributed by atoms with Crippen molar-refractivity contribution in [2.24, 2.45) is 13.0 Å². The van der Waals surface area contributed by atoms with Crippen LogP contribution in [0.2, 0.25) is 0 Å². The van der Waals surface area contributed by atoms with Gasteiger partial charge in [0, 0.05) is 42.7 Å². The Kier molecular flexibility index (Phi) is 5.21. The molecule has 0 radical (unpaired) electrons. The Morgan fingerprint density at radius 1 is 1.06 bits per heavy atom. The Labute approximate surface area is 206 Å². The van der Waals surface area contributed by atoms with E-state index in [1.54, 1.807) is 16.9 Å². The molecule has 2 aromatic carbocycles. The number of carboxylic acid groups (broad SMARTS) is 1. The van der Waals surface area contributed by atoms with Crippen LogP contribution in [0.15, 0.2) is 54.9 Å². The van der Waals surface area contributed by atoms with E-state index in [-0.39, 0.29) is 11.7 Å².